The Labute approximate surface area is 128 Å². The number of phosphoric ester groups is 1. The number of hydrogen-bond donors (Lipinski definition) is 0. The van der Waals surface area contributed by atoms with E-state index in [0.717, 1.165) is 0 Å². The van der Waals surface area contributed by atoms with Crippen LogP contribution in [0.4, 0.5) is 0 Å². The summed E-state index contributed by atoms with van der Waals surface area (Å²) in [6.07, 6.45) is 0. The number of benzene rings is 1. The molecule has 0 heterocycles. The highest BCUT2D eigenvalue weighted by Gasteiger charge is 2.29. The predicted molar refractivity (Wildman–Crippen MR) is 76.5 cm³/mol. The molecule has 0 fully saturated rings. The van der Waals surface area contributed by atoms with Crippen molar-refractivity contribution in [3.8, 4) is 11.5 Å². The van der Waals surface area contributed by atoms with Gasteiger partial charge in [0.1, 0.15) is 11.5 Å². The molecule has 124 valence electrons. The summed E-state index contributed by atoms with van der Waals surface area (Å²) in [4.78, 5) is 10.7. The van der Waals surface area contributed by atoms with Crippen molar-refractivity contribution < 1.29 is 37.1 Å². The second kappa shape index (κ2) is 9.42. The van der Waals surface area contributed by atoms with Crippen LogP contribution in [0.3, 0.4) is 0 Å². The van der Waals surface area contributed by atoms with Gasteiger partial charge in [-0.1, -0.05) is 0 Å². The molecule has 1 rings (SSSR count). The first-order chi connectivity index (χ1) is 10.5. The van der Waals surface area contributed by atoms with E-state index in [1.54, 1.807) is 19.1 Å². The number of rotatable bonds is 10. The Kier molecular flexibility index (Phi) is 7.90. The van der Waals surface area contributed by atoms with Gasteiger partial charge in [0, 0.05) is 13.5 Å². The van der Waals surface area contributed by atoms with E-state index in [1.165, 1.54) is 26.2 Å². The Hall–Kier alpha value is -1.60. The third kappa shape index (κ3) is 6.91. The normalized spacial score (nSPS) is 13.2. The molecule has 0 spiro atoms. The molecule has 0 aromatic heterocycles. The fourth-order valence-corrected chi connectivity index (χ4v) is 2.16. The van der Waals surface area contributed by atoms with Crippen LogP contribution < -0.4 is 9.26 Å². The van der Waals surface area contributed by atoms with Crippen molar-refractivity contribution in [3.05, 3.63) is 24.3 Å². The molecule has 0 amide bonds. The van der Waals surface area contributed by atoms with Crippen LogP contribution in [-0.2, 0) is 27.9 Å². The Morgan fingerprint density at radius 2 is 1.68 bits per heavy atom. The maximum atomic E-state index is 12.4. The van der Waals surface area contributed by atoms with Crippen LogP contribution in [0.25, 0.3) is 0 Å². The standard InChI is InChI=1S/C13H19O8P/c1-4-17-9-19-22(15,20-10-18-11(2)14)21-13-7-5-12(16-3)6-8-13/h5-8H,4,9-10H2,1-3H3. The molecule has 0 bridgehead atoms. The third-order valence-electron chi connectivity index (χ3n) is 2.25. The van der Waals surface area contributed by atoms with Gasteiger partial charge in [0.05, 0.1) is 7.11 Å². The summed E-state index contributed by atoms with van der Waals surface area (Å²) in [5.41, 5.74) is 0. The van der Waals surface area contributed by atoms with E-state index in [-0.39, 0.29) is 12.5 Å². The lowest BCUT2D eigenvalue weighted by Crippen LogP contribution is -2.09. The number of carbonyl (C=O) groups excluding carboxylic acids is 1. The summed E-state index contributed by atoms with van der Waals surface area (Å²) in [6.45, 7) is 2.46. The predicted octanol–water partition coefficient (Wildman–Crippen LogP) is 2.73. The highest BCUT2D eigenvalue weighted by Crippen LogP contribution is 2.49. The molecule has 0 aliphatic carbocycles. The number of ether oxygens (including phenoxy) is 3. The van der Waals surface area contributed by atoms with Crippen LogP contribution in [0.15, 0.2) is 24.3 Å². The topological polar surface area (TPSA) is 89.5 Å². The molecule has 8 nitrogen and oxygen atoms in total. The van der Waals surface area contributed by atoms with Gasteiger partial charge in [0.25, 0.3) is 0 Å². The summed E-state index contributed by atoms with van der Waals surface area (Å²) in [5.74, 6) is 0.266. The van der Waals surface area contributed by atoms with Crippen molar-refractivity contribution in [1.29, 1.82) is 0 Å². The Balaban J connectivity index is 2.69. The van der Waals surface area contributed by atoms with Gasteiger partial charge in [-0.3, -0.25) is 4.79 Å². The third-order valence-corrected chi connectivity index (χ3v) is 3.53. The molecular formula is C13H19O8P. The van der Waals surface area contributed by atoms with Crippen LogP contribution in [0.1, 0.15) is 13.8 Å². The van der Waals surface area contributed by atoms with Crippen LogP contribution in [0.2, 0.25) is 0 Å². The van der Waals surface area contributed by atoms with Crippen molar-refractivity contribution in [1.82, 2.24) is 0 Å². The van der Waals surface area contributed by atoms with Gasteiger partial charge in [-0.2, -0.15) is 0 Å². The number of esters is 1. The number of methoxy groups -OCH3 is 1. The monoisotopic (exact) mass is 334 g/mol. The lowest BCUT2D eigenvalue weighted by atomic mass is 10.3. The van der Waals surface area contributed by atoms with Gasteiger partial charge in [-0.15, -0.1) is 0 Å². The van der Waals surface area contributed by atoms with E-state index in [4.69, 9.17) is 23.0 Å². The molecule has 0 saturated heterocycles. The molecule has 0 aliphatic rings. The summed E-state index contributed by atoms with van der Waals surface area (Å²) < 4.78 is 42.0. The minimum atomic E-state index is -3.99. The van der Waals surface area contributed by atoms with E-state index in [0.29, 0.717) is 12.4 Å². The van der Waals surface area contributed by atoms with Gasteiger partial charge in [0.15, 0.2) is 6.79 Å². The fraction of sp³-hybridized carbons (Fsp3) is 0.462. The van der Waals surface area contributed by atoms with Crippen LogP contribution in [0, 0.1) is 0 Å². The first-order valence-corrected chi connectivity index (χ1v) is 7.89. The van der Waals surface area contributed by atoms with E-state index >= 15 is 0 Å². The highest BCUT2D eigenvalue weighted by atomic mass is 31.2. The van der Waals surface area contributed by atoms with E-state index in [9.17, 15) is 9.36 Å². The van der Waals surface area contributed by atoms with Gasteiger partial charge in [-0.05, 0) is 31.2 Å². The number of phosphoric acid groups is 1. The maximum absolute atomic E-state index is 12.4. The van der Waals surface area contributed by atoms with Crippen molar-refractivity contribution in [2.45, 2.75) is 13.8 Å². The number of carbonyl (C=O) groups is 1. The first-order valence-electron chi connectivity index (χ1n) is 6.43. The fourth-order valence-electron chi connectivity index (χ4n) is 1.21. The second-order valence-corrected chi connectivity index (χ2v) is 5.43. The van der Waals surface area contributed by atoms with Crippen LogP contribution in [-0.4, -0.2) is 33.3 Å². The molecule has 22 heavy (non-hydrogen) atoms. The maximum Gasteiger partial charge on any atom is 0.535 e. The zero-order valence-corrected chi connectivity index (χ0v) is 13.5. The lowest BCUT2D eigenvalue weighted by Gasteiger charge is -2.18. The summed E-state index contributed by atoms with van der Waals surface area (Å²) in [6, 6.07) is 6.30. The van der Waals surface area contributed by atoms with Crippen LogP contribution in [0.5, 0.6) is 11.5 Å². The molecule has 1 aromatic rings. The zero-order chi connectivity index (χ0) is 16.4. The van der Waals surface area contributed by atoms with Gasteiger partial charge >= 0.3 is 13.8 Å². The van der Waals surface area contributed by atoms with Crippen LogP contribution >= 0.6 is 7.82 Å². The van der Waals surface area contributed by atoms with Crippen molar-refractivity contribution in [2.24, 2.45) is 0 Å². The first kappa shape index (κ1) is 18.4. The summed E-state index contributed by atoms with van der Waals surface area (Å²) in [5, 5.41) is 0. The number of hydrogen-bond acceptors (Lipinski definition) is 8. The Morgan fingerprint density at radius 3 is 2.23 bits per heavy atom. The molecule has 0 saturated carbocycles. The smallest absolute Gasteiger partial charge is 0.497 e. The minimum Gasteiger partial charge on any atom is -0.497 e. The van der Waals surface area contributed by atoms with E-state index in [2.05, 4.69) is 4.74 Å². The molecule has 1 aromatic carbocycles. The largest absolute Gasteiger partial charge is 0.535 e. The highest BCUT2D eigenvalue weighted by molar-refractivity contribution is 7.48. The summed E-state index contributed by atoms with van der Waals surface area (Å²) >= 11 is 0. The van der Waals surface area contributed by atoms with E-state index < -0.39 is 20.6 Å². The molecule has 0 N–H and O–H groups in total. The zero-order valence-electron chi connectivity index (χ0n) is 12.6. The van der Waals surface area contributed by atoms with Gasteiger partial charge in [-0.25, -0.2) is 13.6 Å². The summed E-state index contributed by atoms with van der Waals surface area (Å²) in [7, 11) is -2.47. The second-order valence-electron chi connectivity index (χ2n) is 3.84. The molecule has 0 aliphatic heterocycles. The lowest BCUT2D eigenvalue weighted by molar-refractivity contribution is -0.148. The van der Waals surface area contributed by atoms with Gasteiger partial charge in [0.2, 0.25) is 6.79 Å². The average Bonchev–Trinajstić information content (AvgIpc) is 2.48. The Bertz CT molecular complexity index is 501. The van der Waals surface area contributed by atoms with Crippen molar-refractivity contribution in [2.75, 3.05) is 27.3 Å². The van der Waals surface area contributed by atoms with Gasteiger partial charge < -0.3 is 18.7 Å². The Morgan fingerprint density at radius 1 is 1.09 bits per heavy atom. The average molecular weight is 334 g/mol. The molecule has 1 atom stereocenters. The molecule has 1 unspecified atom stereocenters. The minimum absolute atomic E-state index is 0.239. The molecule has 0 radical (unpaired) electrons. The van der Waals surface area contributed by atoms with Crippen molar-refractivity contribution in [3.63, 3.8) is 0 Å². The van der Waals surface area contributed by atoms with E-state index in [1.807, 2.05) is 0 Å². The molecule has 9 heteroatoms. The van der Waals surface area contributed by atoms with Crippen molar-refractivity contribution >= 4 is 13.8 Å². The SMILES string of the molecule is CCOCOP(=O)(OCOC(C)=O)Oc1ccc(OC)cc1. The molecular weight excluding hydrogens is 315 g/mol. The quantitative estimate of drug-likeness (QED) is 0.279.